The molecular weight excluding hydrogens is 448 g/mol. The molecule has 0 bridgehead atoms. The molecule has 0 saturated heterocycles. The lowest BCUT2D eigenvalue weighted by Gasteiger charge is -2.13. The van der Waals surface area contributed by atoms with Crippen LogP contribution < -0.4 is 10.6 Å². The summed E-state index contributed by atoms with van der Waals surface area (Å²) in [5.41, 5.74) is 4.59. The van der Waals surface area contributed by atoms with Crippen molar-refractivity contribution in [3.05, 3.63) is 102 Å². The minimum Gasteiger partial charge on any atom is -0.377 e. The molecule has 0 saturated carbocycles. The number of pyridine rings is 3. The van der Waals surface area contributed by atoms with Gasteiger partial charge in [-0.15, -0.1) is 0 Å². The van der Waals surface area contributed by atoms with Gasteiger partial charge in [-0.2, -0.15) is 0 Å². The summed E-state index contributed by atoms with van der Waals surface area (Å²) in [4.78, 5) is 18.0. The summed E-state index contributed by atoms with van der Waals surface area (Å²) in [5, 5.41) is 7.44. The number of aromatic nitrogens is 3. The molecule has 1 aromatic carbocycles. The summed E-state index contributed by atoms with van der Waals surface area (Å²) < 4.78 is 5.37. The van der Waals surface area contributed by atoms with Crippen molar-refractivity contribution in [2.45, 2.75) is 13.1 Å². The molecule has 0 aliphatic rings. The molecule has 7 nitrogen and oxygen atoms in total. The van der Waals surface area contributed by atoms with Gasteiger partial charge < -0.3 is 15.4 Å². The predicted octanol–water partition coefficient (Wildman–Crippen LogP) is 5.27. The van der Waals surface area contributed by atoms with Crippen molar-refractivity contribution < 1.29 is 4.74 Å². The Kier molecular flexibility index (Phi) is 8.16. The maximum atomic E-state index is 6.06. The minimum absolute atomic E-state index is 0.335. The number of rotatable bonds is 9. The van der Waals surface area contributed by atoms with Gasteiger partial charge in [0, 0.05) is 55.6 Å². The van der Waals surface area contributed by atoms with Gasteiger partial charge in [-0.25, -0.2) is 9.98 Å². The molecule has 0 aliphatic heterocycles. The highest BCUT2D eigenvalue weighted by molar-refractivity contribution is 6.30. The zero-order valence-corrected chi connectivity index (χ0v) is 19.5. The fourth-order valence-electron chi connectivity index (χ4n) is 3.25. The van der Waals surface area contributed by atoms with Crippen molar-refractivity contribution in [1.82, 2.24) is 20.3 Å². The fraction of sp³-hybridized carbons (Fsp3) is 0.154. The molecule has 4 aromatic rings. The lowest BCUT2D eigenvalue weighted by molar-refractivity contribution is 0.242. The number of halogens is 1. The summed E-state index contributed by atoms with van der Waals surface area (Å²) in [6, 6.07) is 19.3. The summed E-state index contributed by atoms with van der Waals surface area (Å²) in [6.07, 6.45) is 7.15. The van der Waals surface area contributed by atoms with Crippen LogP contribution in [0.4, 0.5) is 11.5 Å². The molecule has 3 aromatic heterocycles. The minimum atomic E-state index is 0.335. The van der Waals surface area contributed by atoms with Crippen LogP contribution in [0, 0.1) is 0 Å². The third-order valence-corrected chi connectivity index (χ3v) is 5.20. The number of anilines is 1. The average Bonchev–Trinajstić information content (AvgIpc) is 2.88. The normalized spacial score (nSPS) is 11.3. The highest BCUT2D eigenvalue weighted by Crippen LogP contribution is 2.29. The number of benzene rings is 1. The Morgan fingerprint density at radius 2 is 1.62 bits per heavy atom. The Bertz CT molecular complexity index is 1220. The SMILES string of the molecule is COC/C(=N\c1ccc(-c2ccc(Cl)cc2)nc1NCc1cccnc1)NCc1cccnc1. The van der Waals surface area contributed by atoms with Crippen molar-refractivity contribution in [1.29, 1.82) is 0 Å². The predicted molar refractivity (Wildman–Crippen MR) is 136 cm³/mol. The van der Waals surface area contributed by atoms with Gasteiger partial charge in [-0.3, -0.25) is 9.97 Å². The van der Waals surface area contributed by atoms with Gasteiger partial charge in [0.1, 0.15) is 18.1 Å². The van der Waals surface area contributed by atoms with Crippen molar-refractivity contribution in [2.24, 2.45) is 4.99 Å². The molecule has 8 heteroatoms. The van der Waals surface area contributed by atoms with E-state index >= 15 is 0 Å². The van der Waals surface area contributed by atoms with Crippen molar-refractivity contribution >= 4 is 28.9 Å². The summed E-state index contributed by atoms with van der Waals surface area (Å²) >= 11 is 6.06. The van der Waals surface area contributed by atoms with Crippen LogP contribution >= 0.6 is 11.6 Å². The molecule has 4 rings (SSSR count). The van der Waals surface area contributed by atoms with Crippen LogP contribution in [0.3, 0.4) is 0 Å². The Hall–Kier alpha value is -3.81. The largest absolute Gasteiger partial charge is 0.377 e. The topological polar surface area (TPSA) is 84.3 Å². The maximum Gasteiger partial charge on any atom is 0.153 e. The molecule has 0 fully saturated rings. The monoisotopic (exact) mass is 472 g/mol. The van der Waals surface area contributed by atoms with E-state index in [0.717, 1.165) is 22.4 Å². The molecule has 0 radical (unpaired) electrons. The second kappa shape index (κ2) is 11.9. The van der Waals surface area contributed by atoms with Crippen LogP contribution in [0.1, 0.15) is 11.1 Å². The standard InChI is InChI=1S/C26H25ClN6O/c1-34-18-25(30-16-19-4-2-12-28-14-19)32-24-11-10-23(21-6-8-22(27)9-7-21)33-26(24)31-17-20-5-3-13-29-15-20/h2-15H,16-18H2,1H3,(H,30,32)(H,31,33). The number of amidine groups is 1. The number of hydrogen-bond donors (Lipinski definition) is 2. The van der Waals surface area contributed by atoms with E-state index in [1.807, 2.05) is 73.1 Å². The van der Waals surface area contributed by atoms with Crippen LogP contribution in [0.15, 0.2) is 90.4 Å². The van der Waals surface area contributed by atoms with E-state index in [2.05, 4.69) is 20.6 Å². The highest BCUT2D eigenvalue weighted by atomic mass is 35.5. The van der Waals surface area contributed by atoms with Gasteiger partial charge >= 0.3 is 0 Å². The van der Waals surface area contributed by atoms with Gasteiger partial charge in [-0.1, -0.05) is 35.9 Å². The number of aliphatic imine (C=N–C) groups is 1. The Morgan fingerprint density at radius 1 is 0.912 bits per heavy atom. The molecule has 0 unspecified atom stereocenters. The molecule has 0 spiro atoms. The van der Waals surface area contributed by atoms with Crippen LogP contribution in [0.5, 0.6) is 0 Å². The quantitative estimate of drug-likeness (QED) is 0.255. The molecule has 0 aliphatic carbocycles. The first-order chi connectivity index (χ1) is 16.7. The first-order valence-electron chi connectivity index (χ1n) is 10.8. The van der Waals surface area contributed by atoms with Crippen LogP contribution in [-0.4, -0.2) is 34.5 Å². The fourth-order valence-corrected chi connectivity index (χ4v) is 3.38. The van der Waals surface area contributed by atoms with Gasteiger partial charge in [0.2, 0.25) is 0 Å². The smallest absolute Gasteiger partial charge is 0.153 e. The maximum absolute atomic E-state index is 6.06. The number of ether oxygens (including phenoxy) is 1. The first-order valence-corrected chi connectivity index (χ1v) is 11.2. The number of nitrogens with one attached hydrogen (secondary N) is 2. The van der Waals surface area contributed by atoms with E-state index in [0.29, 0.717) is 42.1 Å². The Morgan fingerprint density at radius 3 is 2.26 bits per heavy atom. The Balaban J connectivity index is 1.63. The van der Waals surface area contributed by atoms with E-state index in [-0.39, 0.29) is 0 Å². The molecule has 172 valence electrons. The first kappa shape index (κ1) is 23.4. The van der Waals surface area contributed by atoms with E-state index < -0.39 is 0 Å². The van der Waals surface area contributed by atoms with E-state index in [1.54, 1.807) is 19.5 Å². The van der Waals surface area contributed by atoms with E-state index in [9.17, 15) is 0 Å². The number of methoxy groups -OCH3 is 1. The third-order valence-electron chi connectivity index (χ3n) is 4.95. The molecule has 0 atom stereocenters. The molecule has 3 heterocycles. The van der Waals surface area contributed by atoms with Gasteiger partial charge in [0.15, 0.2) is 5.82 Å². The van der Waals surface area contributed by atoms with Crippen molar-refractivity contribution in [3.8, 4) is 11.3 Å². The third kappa shape index (κ3) is 6.60. The van der Waals surface area contributed by atoms with E-state index in [1.165, 1.54) is 0 Å². The molecular formula is C26H25ClN6O. The Labute approximate surface area is 203 Å². The number of hydrogen-bond acceptors (Lipinski definition) is 6. The molecule has 34 heavy (non-hydrogen) atoms. The lowest BCUT2D eigenvalue weighted by Crippen LogP contribution is -2.27. The average molecular weight is 473 g/mol. The van der Waals surface area contributed by atoms with Crippen molar-refractivity contribution in [2.75, 3.05) is 19.0 Å². The summed E-state index contributed by atoms with van der Waals surface area (Å²) in [7, 11) is 1.64. The summed E-state index contributed by atoms with van der Waals surface area (Å²) in [5.74, 6) is 1.35. The van der Waals surface area contributed by atoms with Crippen LogP contribution in [0.25, 0.3) is 11.3 Å². The second-order valence-corrected chi connectivity index (χ2v) is 7.93. The van der Waals surface area contributed by atoms with Crippen LogP contribution in [0.2, 0.25) is 5.02 Å². The molecule has 0 amide bonds. The van der Waals surface area contributed by atoms with E-state index in [4.69, 9.17) is 26.3 Å². The lowest BCUT2D eigenvalue weighted by atomic mass is 10.1. The highest BCUT2D eigenvalue weighted by Gasteiger charge is 2.10. The van der Waals surface area contributed by atoms with Crippen LogP contribution in [-0.2, 0) is 17.8 Å². The van der Waals surface area contributed by atoms with Gasteiger partial charge in [-0.05, 0) is 47.5 Å². The summed E-state index contributed by atoms with van der Waals surface area (Å²) in [6.45, 7) is 1.49. The second-order valence-electron chi connectivity index (χ2n) is 7.49. The van der Waals surface area contributed by atoms with Gasteiger partial charge in [0.05, 0.1) is 5.69 Å². The number of nitrogens with zero attached hydrogens (tertiary/aromatic N) is 4. The van der Waals surface area contributed by atoms with Gasteiger partial charge in [0.25, 0.3) is 0 Å². The zero-order valence-electron chi connectivity index (χ0n) is 18.8. The molecule has 2 N–H and O–H groups in total. The zero-order chi connectivity index (χ0) is 23.6. The van der Waals surface area contributed by atoms with Crippen molar-refractivity contribution in [3.63, 3.8) is 0 Å².